The zero-order valence-corrected chi connectivity index (χ0v) is 16.1. The highest BCUT2D eigenvalue weighted by molar-refractivity contribution is 7.91. The van der Waals surface area contributed by atoms with Gasteiger partial charge in [0, 0.05) is 16.6 Å². The van der Waals surface area contributed by atoms with Crippen LogP contribution in [0.1, 0.15) is 11.3 Å². The monoisotopic (exact) mass is 448 g/mol. The molecule has 0 aliphatic heterocycles. The number of alkyl halides is 5. The summed E-state index contributed by atoms with van der Waals surface area (Å²) in [7, 11) is -4.64. The van der Waals surface area contributed by atoms with Crippen LogP contribution < -0.4 is 5.32 Å². The molecule has 1 aromatic heterocycles. The molecule has 0 spiro atoms. The van der Waals surface area contributed by atoms with E-state index in [0.29, 0.717) is 22.0 Å². The number of halogens is 5. The fraction of sp³-hybridized carbons (Fsp3) is 0.167. The lowest BCUT2D eigenvalue weighted by atomic mass is 10.1. The first-order chi connectivity index (χ1) is 13.6. The molecule has 1 N–H and O–H groups in total. The van der Waals surface area contributed by atoms with E-state index in [1.54, 1.807) is 5.38 Å². The van der Waals surface area contributed by atoms with Gasteiger partial charge in [-0.2, -0.15) is 22.0 Å². The summed E-state index contributed by atoms with van der Waals surface area (Å²) in [5, 5.41) is 5.26. The third-order valence-corrected chi connectivity index (χ3v) is 6.24. The molecule has 11 heteroatoms. The molecule has 0 saturated carbocycles. The van der Waals surface area contributed by atoms with E-state index in [-0.39, 0.29) is 6.54 Å². The van der Waals surface area contributed by atoms with Crippen molar-refractivity contribution in [2.75, 3.05) is 5.32 Å². The molecule has 0 fully saturated rings. The summed E-state index contributed by atoms with van der Waals surface area (Å²) in [6.07, 6.45) is -4.40. The van der Waals surface area contributed by atoms with Gasteiger partial charge < -0.3 is 5.32 Å². The lowest BCUT2D eigenvalue weighted by Crippen LogP contribution is -2.11. The maximum atomic E-state index is 12.6. The number of sulfone groups is 1. The van der Waals surface area contributed by atoms with Crippen LogP contribution in [0.5, 0.6) is 0 Å². The molecule has 2 aromatic carbocycles. The number of hydrogen-bond acceptors (Lipinski definition) is 5. The highest BCUT2D eigenvalue weighted by Gasteiger charge is 2.30. The quantitative estimate of drug-likeness (QED) is 0.511. The zero-order valence-electron chi connectivity index (χ0n) is 14.5. The average Bonchev–Trinajstić information content (AvgIpc) is 3.15. The lowest BCUT2D eigenvalue weighted by Gasteiger charge is -2.07. The maximum Gasteiger partial charge on any atom is 0.416 e. The minimum absolute atomic E-state index is 0.262. The minimum Gasteiger partial charge on any atom is -0.379 e. The summed E-state index contributed by atoms with van der Waals surface area (Å²) >= 11 is 1.27. The third-order valence-electron chi connectivity index (χ3n) is 3.90. The number of rotatable bonds is 6. The summed E-state index contributed by atoms with van der Waals surface area (Å²) in [5.74, 6) is -3.49. The van der Waals surface area contributed by atoms with E-state index in [2.05, 4.69) is 10.3 Å². The second-order valence-electron chi connectivity index (χ2n) is 5.90. The zero-order chi connectivity index (χ0) is 21.2. The SMILES string of the molecule is O=S(=O)(c1ccc(NCc2csc(-c3ccc(C(F)(F)F)cc3)n2)cc1)C(F)F. The van der Waals surface area contributed by atoms with Crippen molar-refractivity contribution in [3.05, 3.63) is 65.2 Å². The molecule has 4 nitrogen and oxygen atoms in total. The Labute approximate surface area is 167 Å². The Morgan fingerprint density at radius 2 is 1.62 bits per heavy atom. The molecule has 0 saturated heterocycles. The predicted molar refractivity (Wildman–Crippen MR) is 99.5 cm³/mol. The molecule has 29 heavy (non-hydrogen) atoms. The van der Waals surface area contributed by atoms with Gasteiger partial charge in [0.25, 0.3) is 0 Å². The molecule has 0 amide bonds. The van der Waals surface area contributed by atoms with Crippen molar-refractivity contribution >= 4 is 26.9 Å². The molecule has 0 radical (unpaired) electrons. The second kappa shape index (κ2) is 8.07. The van der Waals surface area contributed by atoms with Gasteiger partial charge in [-0.1, -0.05) is 12.1 Å². The maximum absolute atomic E-state index is 12.6. The van der Waals surface area contributed by atoms with Crippen LogP contribution in [0.2, 0.25) is 0 Å². The van der Waals surface area contributed by atoms with Crippen molar-refractivity contribution < 1.29 is 30.4 Å². The predicted octanol–water partition coefficient (Wildman–Crippen LogP) is 5.44. The molecule has 154 valence electrons. The van der Waals surface area contributed by atoms with Crippen molar-refractivity contribution in [2.45, 2.75) is 23.4 Å². The summed E-state index contributed by atoms with van der Waals surface area (Å²) in [4.78, 5) is 3.87. The standard InChI is InChI=1S/C18H13F5N2O2S2/c19-17(20)29(26,27)15-7-5-13(6-8-15)24-9-14-10-28-16(25-14)11-1-3-12(4-2-11)18(21,22)23/h1-8,10,17,24H,9H2. The molecule has 0 atom stereocenters. The fourth-order valence-electron chi connectivity index (χ4n) is 2.38. The van der Waals surface area contributed by atoms with Crippen LogP contribution in [0, 0.1) is 0 Å². The molecule has 0 unspecified atom stereocenters. The summed E-state index contributed by atoms with van der Waals surface area (Å²) in [6.45, 7) is 0.262. The summed E-state index contributed by atoms with van der Waals surface area (Å²) < 4.78 is 85.7. The van der Waals surface area contributed by atoms with Crippen molar-refractivity contribution in [1.29, 1.82) is 0 Å². The Bertz CT molecular complexity index is 1080. The van der Waals surface area contributed by atoms with Gasteiger partial charge in [0.15, 0.2) is 0 Å². The number of thiazole rings is 1. The van der Waals surface area contributed by atoms with E-state index >= 15 is 0 Å². The van der Waals surface area contributed by atoms with E-state index < -0.39 is 32.2 Å². The lowest BCUT2D eigenvalue weighted by molar-refractivity contribution is -0.137. The Hall–Kier alpha value is -2.53. The Morgan fingerprint density at radius 3 is 2.17 bits per heavy atom. The summed E-state index contributed by atoms with van der Waals surface area (Å²) in [5.41, 5.74) is 0.935. The van der Waals surface area contributed by atoms with Crippen molar-refractivity contribution in [3.63, 3.8) is 0 Å². The fourth-order valence-corrected chi connectivity index (χ4v) is 3.93. The molecule has 0 bridgehead atoms. The Balaban J connectivity index is 1.65. The van der Waals surface area contributed by atoms with E-state index in [0.717, 1.165) is 24.3 Å². The highest BCUT2D eigenvalue weighted by Crippen LogP contribution is 2.32. The van der Waals surface area contributed by atoms with Gasteiger partial charge in [-0.15, -0.1) is 11.3 Å². The smallest absolute Gasteiger partial charge is 0.379 e. The Kier molecular flexibility index (Phi) is 5.90. The third kappa shape index (κ3) is 4.91. The van der Waals surface area contributed by atoms with E-state index in [1.807, 2.05) is 0 Å². The van der Waals surface area contributed by atoms with Gasteiger partial charge in [0.2, 0.25) is 9.84 Å². The second-order valence-corrected chi connectivity index (χ2v) is 8.68. The molecule has 0 aliphatic rings. The highest BCUT2D eigenvalue weighted by atomic mass is 32.2. The molecular weight excluding hydrogens is 435 g/mol. The van der Waals surface area contributed by atoms with E-state index in [1.165, 1.54) is 35.6 Å². The van der Waals surface area contributed by atoms with Crippen LogP contribution in [-0.2, 0) is 22.6 Å². The van der Waals surface area contributed by atoms with Crippen LogP contribution in [0.4, 0.5) is 27.6 Å². The topological polar surface area (TPSA) is 59.1 Å². The van der Waals surface area contributed by atoms with Crippen molar-refractivity contribution in [3.8, 4) is 10.6 Å². The molecule has 3 rings (SSSR count). The van der Waals surface area contributed by atoms with Gasteiger partial charge in [-0.05, 0) is 36.4 Å². The van der Waals surface area contributed by atoms with Crippen LogP contribution in [0.15, 0.2) is 58.8 Å². The van der Waals surface area contributed by atoms with Crippen LogP contribution in [-0.4, -0.2) is 19.2 Å². The summed E-state index contributed by atoms with van der Waals surface area (Å²) in [6, 6.07) is 9.56. The van der Waals surface area contributed by atoms with E-state index in [4.69, 9.17) is 0 Å². The molecule has 0 aliphatic carbocycles. The van der Waals surface area contributed by atoms with Crippen LogP contribution >= 0.6 is 11.3 Å². The van der Waals surface area contributed by atoms with Gasteiger partial charge >= 0.3 is 11.9 Å². The Morgan fingerprint density at radius 1 is 1.00 bits per heavy atom. The van der Waals surface area contributed by atoms with E-state index in [9.17, 15) is 30.4 Å². The largest absolute Gasteiger partial charge is 0.416 e. The number of anilines is 1. The first-order valence-electron chi connectivity index (χ1n) is 8.05. The van der Waals surface area contributed by atoms with Crippen LogP contribution in [0.25, 0.3) is 10.6 Å². The van der Waals surface area contributed by atoms with Gasteiger partial charge in [-0.25, -0.2) is 13.4 Å². The molecule has 3 aromatic rings. The number of hydrogen-bond donors (Lipinski definition) is 1. The number of benzene rings is 2. The number of nitrogens with one attached hydrogen (secondary N) is 1. The minimum atomic E-state index is -4.64. The van der Waals surface area contributed by atoms with Crippen molar-refractivity contribution in [2.24, 2.45) is 0 Å². The van der Waals surface area contributed by atoms with Gasteiger partial charge in [0.05, 0.1) is 22.7 Å². The van der Waals surface area contributed by atoms with Crippen LogP contribution in [0.3, 0.4) is 0 Å². The average molecular weight is 448 g/mol. The number of nitrogens with zero attached hydrogens (tertiary/aromatic N) is 1. The van der Waals surface area contributed by atoms with Gasteiger partial charge in [0.1, 0.15) is 5.01 Å². The molecule has 1 heterocycles. The normalized spacial score (nSPS) is 12.3. The first-order valence-corrected chi connectivity index (χ1v) is 10.5. The molecular formula is C18H13F5N2O2S2. The number of aromatic nitrogens is 1. The first kappa shape index (κ1) is 21.2. The van der Waals surface area contributed by atoms with Crippen molar-refractivity contribution in [1.82, 2.24) is 4.98 Å². The van der Waals surface area contributed by atoms with Gasteiger partial charge in [-0.3, -0.25) is 0 Å².